The summed E-state index contributed by atoms with van der Waals surface area (Å²) in [6.07, 6.45) is 2.68. The van der Waals surface area contributed by atoms with Crippen molar-refractivity contribution in [2.75, 3.05) is 13.1 Å². The van der Waals surface area contributed by atoms with Gasteiger partial charge in [-0.15, -0.1) is 30.6 Å². The zero-order chi connectivity index (χ0) is 15.6. The standard InChI is InChI=1S/C19H23N3.HI/c1-2-14-21-19(20)22-15-13-18(16-9-5-3-6-10-16)17-11-7-4-8-12-17;/h2-12,18H,1,13-15H2,(H3,20,21,22);1H. The van der Waals surface area contributed by atoms with Gasteiger partial charge in [0.25, 0.3) is 0 Å². The average Bonchev–Trinajstić information content (AvgIpc) is 2.58. The second-order valence-corrected chi connectivity index (χ2v) is 5.10. The minimum absolute atomic E-state index is 0. The highest BCUT2D eigenvalue weighted by atomic mass is 127. The molecule has 2 aromatic rings. The summed E-state index contributed by atoms with van der Waals surface area (Å²) < 4.78 is 0. The van der Waals surface area contributed by atoms with Crippen LogP contribution in [-0.4, -0.2) is 19.0 Å². The van der Waals surface area contributed by atoms with E-state index in [0.717, 1.165) is 6.42 Å². The molecule has 2 aromatic carbocycles. The molecule has 0 amide bonds. The van der Waals surface area contributed by atoms with Crippen LogP contribution < -0.4 is 11.1 Å². The van der Waals surface area contributed by atoms with Crippen molar-refractivity contribution in [3.05, 3.63) is 84.4 Å². The van der Waals surface area contributed by atoms with Crippen LogP contribution in [0.5, 0.6) is 0 Å². The van der Waals surface area contributed by atoms with Crippen LogP contribution in [0.2, 0.25) is 0 Å². The fraction of sp³-hybridized carbons (Fsp3) is 0.211. The lowest BCUT2D eigenvalue weighted by atomic mass is 9.89. The zero-order valence-electron chi connectivity index (χ0n) is 13.2. The van der Waals surface area contributed by atoms with E-state index >= 15 is 0 Å². The third-order valence-electron chi connectivity index (χ3n) is 3.53. The van der Waals surface area contributed by atoms with Gasteiger partial charge in [0.2, 0.25) is 0 Å². The lowest BCUT2D eigenvalue weighted by molar-refractivity contribution is 0.724. The van der Waals surface area contributed by atoms with E-state index in [2.05, 4.69) is 65.4 Å². The van der Waals surface area contributed by atoms with Gasteiger partial charge >= 0.3 is 0 Å². The normalized spacial score (nSPS) is 10.9. The predicted octanol–water partition coefficient (Wildman–Crippen LogP) is 3.92. The number of benzene rings is 2. The van der Waals surface area contributed by atoms with Gasteiger partial charge in [0.1, 0.15) is 0 Å². The molecule has 0 heterocycles. The van der Waals surface area contributed by atoms with Crippen molar-refractivity contribution in [1.82, 2.24) is 5.32 Å². The van der Waals surface area contributed by atoms with Crippen molar-refractivity contribution in [2.45, 2.75) is 12.3 Å². The zero-order valence-corrected chi connectivity index (χ0v) is 15.5. The van der Waals surface area contributed by atoms with Crippen LogP contribution in [-0.2, 0) is 0 Å². The number of hydrogen-bond donors (Lipinski definition) is 2. The Morgan fingerprint density at radius 1 is 1.04 bits per heavy atom. The molecule has 122 valence electrons. The third-order valence-corrected chi connectivity index (χ3v) is 3.53. The Kier molecular flexibility index (Phi) is 9.05. The first-order valence-corrected chi connectivity index (χ1v) is 7.56. The maximum absolute atomic E-state index is 5.81. The monoisotopic (exact) mass is 421 g/mol. The molecule has 0 aromatic heterocycles. The van der Waals surface area contributed by atoms with Crippen LogP contribution >= 0.6 is 24.0 Å². The number of rotatable bonds is 7. The molecule has 0 bridgehead atoms. The number of nitrogens with two attached hydrogens (primary N) is 1. The lowest BCUT2D eigenvalue weighted by Gasteiger charge is -2.17. The van der Waals surface area contributed by atoms with E-state index in [1.807, 2.05) is 12.1 Å². The van der Waals surface area contributed by atoms with Gasteiger partial charge in [-0.1, -0.05) is 66.7 Å². The summed E-state index contributed by atoms with van der Waals surface area (Å²) in [7, 11) is 0. The van der Waals surface area contributed by atoms with Crippen molar-refractivity contribution < 1.29 is 0 Å². The largest absolute Gasteiger partial charge is 0.370 e. The summed E-state index contributed by atoms with van der Waals surface area (Å²) >= 11 is 0. The maximum atomic E-state index is 5.81. The molecular weight excluding hydrogens is 397 g/mol. The second-order valence-electron chi connectivity index (χ2n) is 5.10. The number of nitrogens with zero attached hydrogens (tertiary/aromatic N) is 1. The van der Waals surface area contributed by atoms with Crippen molar-refractivity contribution in [3.8, 4) is 0 Å². The van der Waals surface area contributed by atoms with Crippen LogP contribution in [0.25, 0.3) is 0 Å². The number of halogens is 1. The molecule has 0 atom stereocenters. The van der Waals surface area contributed by atoms with Gasteiger partial charge < -0.3 is 11.1 Å². The van der Waals surface area contributed by atoms with Crippen molar-refractivity contribution in [1.29, 1.82) is 0 Å². The Balaban J connectivity index is 0.00000264. The van der Waals surface area contributed by atoms with E-state index in [-0.39, 0.29) is 24.0 Å². The predicted molar refractivity (Wildman–Crippen MR) is 109 cm³/mol. The Morgan fingerprint density at radius 2 is 1.57 bits per heavy atom. The molecule has 0 aliphatic rings. The smallest absolute Gasteiger partial charge is 0.188 e. The Labute approximate surface area is 155 Å². The van der Waals surface area contributed by atoms with Crippen molar-refractivity contribution in [3.63, 3.8) is 0 Å². The third kappa shape index (κ3) is 6.44. The number of aliphatic imine (C=N–C) groups is 1. The van der Waals surface area contributed by atoms with Gasteiger partial charge in [-0.3, -0.25) is 4.99 Å². The van der Waals surface area contributed by atoms with Crippen LogP contribution in [0.3, 0.4) is 0 Å². The Hall–Kier alpha value is -1.82. The number of nitrogens with one attached hydrogen (secondary N) is 1. The van der Waals surface area contributed by atoms with E-state index < -0.39 is 0 Å². The molecule has 3 nitrogen and oxygen atoms in total. The van der Waals surface area contributed by atoms with E-state index in [0.29, 0.717) is 25.0 Å². The highest BCUT2D eigenvalue weighted by molar-refractivity contribution is 14.0. The van der Waals surface area contributed by atoms with Gasteiger partial charge in [0.15, 0.2) is 5.96 Å². The van der Waals surface area contributed by atoms with E-state index in [1.165, 1.54) is 11.1 Å². The van der Waals surface area contributed by atoms with Crippen LogP contribution in [0.4, 0.5) is 0 Å². The molecule has 0 spiro atoms. The molecule has 0 aliphatic heterocycles. The summed E-state index contributed by atoms with van der Waals surface area (Å²) in [5, 5.41) is 3.00. The minimum atomic E-state index is 0. The topological polar surface area (TPSA) is 50.4 Å². The van der Waals surface area contributed by atoms with Gasteiger partial charge in [0, 0.05) is 19.0 Å². The van der Waals surface area contributed by atoms with E-state index in [1.54, 1.807) is 6.08 Å². The van der Waals surface area contributed by atoms with Crippen LogP contribution in [0, 0.1) is 0 Å². The molecule has 23 heavy (non-hydrogen) atoms. The summed E-state index contributed by atoms with van der Waals surface area (Å²) in [5.74, 6) is 0.804. The average molecular weight is 421 g/mol. The Bertz CT molecular complexity index is 557. The molecule has 3 N–H and O–H groups in total. The first kappa shape index (κ1) is 19.2. The summed E-state index contributed by atoms with van der Waals surface area (Å²) in [5.41, 5.74) is 8.43. The van der Waals surface area contributed by atoms with Gasteiger partial charge in [-0.25, -0.2) is 0 Å². The maximum Gasteiger partial charge on any atom is 0.188 e. The molecule has 0 saturated heterocycles. The van der Waals surface area contributed by atoms with E-state index in [4.69, 9.17) is 5.73 Å². The van der Waals surface area contributed by atoms with Crippen LogP contribution in [0.15, 0.2) is 78.3 Å². The minimum Gasteiger partial charge on any atom is -0.370 e. The van der Waals surface area contributed by atoms with Gasteiger partial charge in [0.05, 0.1) is 0 Å². The fourth-order valence-electron chi connectivity index (χ4n) is 2.44. The molecule has 0 fully saturated rings. The summed E-state index contributed by atoms with van der Waals surface area (Å²) in [6.45, 7) is 4.97. The second kappa shape index (κ2) is 10.8. The quantitative estimate of drug-likeness (QED) is 0.308. The molecule has 0 aliphatic carbocycles. The SMILES string of the molecule is C=CCNC(N)=NCCC(c1ccccc1)c1ccccc1.I. The summed E-state index contributed by atoms with van der Waals surface area (Å²) in [4.78, 5) is 4.39. The first-order chi connectivity index (χ1) is 10.8. The summed E-state index contributed by atoms with van der Waals surface area (Å²) in [6, 6.07) is 21.1. The molecule has 2 rings (SSSR count). The lowest BCUT2D eigenvalue weighted by Crippen LogP contribution is -2.31. The van der Waals surface area contributed by atoms with E-state index in [9.17, 15) is 0 Å². The van der Waals surface area contributed by atoms with Gasteiger partial charge in [-0.05, 0) is 17.5 Å². The van der Waals surface area contributed by atoms with Crippen LogP contribution in [0.1, 0.15) is 23.5 Å². The van der Waals surface area contributed by atoms with Crippen molar-refractivity contribution >= 4 is 29.9 Å². The molecule has 0 unspecified atom stereocenters. The highest BCUT2D eigenvalue weighted by Crippen LogP contribution is 2.27. The molecule has 0 saturated carbocycles. The first-order valence-electron chi connectivity index (χ1n) is 7.56. The van der Waals surface area contributed by atoms with Crippen molar-refractivity contribution in [2.24, 2.45) is 10.7 Å². The van der Waals surface area contributed by atoms with Gasteiger partial charge in [-0.2, -0.15) is 0 Å². The molecular formula is C19H24IN3. The fourth-order valence-corrected chi connectivity index (χ4v) is 2.44. The Morgan fingerprint density at radius 3 is 2.04 bits per heavy atom. The molecule has 4 heteroatoms. The highest BCUT2D eigenvalue weighted by Gasteiger charge is 2.13. The molecule has 0 radical (unpaired) electrons. The number of hydrogen-bond acceptors (Lipinski definition) is 1. The number of guanidine groups is 1.